The molecule has 0 spiro atoms. The van der Waals surface area contributed by atoms with Crippen LogP contribution < -0.4 is 9.64 Å². The zero-order valence-corrected chi connectivity index (χ0v) is 17.6. The minimum atomic E-state index is -0.821. The van der Waals surface area contributed by atoms with Crippen molar-refractivity contribution < 1.29 is 24.5 Å². The number of aliphatic hydroxyl groups is 1. The predicted octanol–water partition coefficient (Wildman–Crippen LogP) is 4.50. The number of benzene rings is 3. The van der Waals surface area contributed by atoms with Crippen molar-refractivity contribution >= 4 is 17.4 Å². The van der Waals surface area contributed by atoms with Gasteiger partial charge in [-0.3, -0.25) is 14.5 Å². The van der Waals surface area contributed by atoms with Gasteiger partial charge in [0.25, 0.3) is 5.91 Å². The smallest absolute Gasteiger partial charge is 0.294 e. The van der Waals surface area contributed by atoms with Crippen molar-refractivity contribution in [2.75, 3.05) is 12.0 Å². The maximum atomic E-state index is 13.3. The van der Waals surface area contributed by atoms with Crippen LogP contribution in [0.1, 0.15) is 23.6 Å². The van der Waals surface area contributed by atoms with Crippen molar-refractivity contribution in [2.24, 2.45) is 0 Å². The number of aromatic hydroxyl groups is 1. The molecular weight excluding hydrogens is 406 g/mol. The zero-order valence-electron chi connectivity index (χ0n) is 17.6. The lowest BCUT2D eigenvalue weighted by Crippen LogP contribution is -2.31. The molecule has 4 rings (SSSR count). The summed E-state index contributed by atoms with van der Waals surface area (Å²) in [5.41, 5.74) is 2.14. The van der Waals surface area contributed by atoms with Gasteiger partial charge in [-0.05, 0) is 41.8 Å². The van der Waals surface area contributed by atoms with Crippen LogP contribution in [0.3, 0.4) is 0 Å². The lowest BCUT2D eigenvalue weighted by Gasteiger charge is -2.27. The first-order valence-electron chi connectivity index (χ1n) is 10.3. The van der Waals surface area contributed by atoms with E-state index >= 15 is 0 Å². The second-order valence-electron chi connectivity index (χ2n) is 7.54. The zero-order chi connectivity index (χ0) is 22.7. The van der Waals surface area contributed by atoms with Crippen LogP contribution in [0, 0.1) is 0 Å². The summed E-state index contributed by atoms with van der Waals surface area (Å²) < 4.78 is 5.28. The SMILES string of the molecule is COc1cccc(N2C(=O)C(O)=C(C(=O)CCc3ccccc3)C2c2ccc(O)cc2)c1. The number of methoxy groups -OCH3 is 1. The lowest BCUT2D eigenvalue weighted by atomic mass is 9.93. The second kappa shape index (κ2) is 8.98. The van der Waals surface area contributed by atoms with E-state index in [0.717, 1.165) is 5.56 Å². The summed E-state index contributed by atoms with van der Waals surface area (Å²) in [5.74, 6) is -0.897. The first kappa shape index (κ1) is 21.2. The summed E-state index contributed by atoms with van der Waals surface area (Å²) in [4.78, 5) is 27.8. The minimum absolute atomic E-state index is 0.0550. The van der Waals surface area contributed by atoms with Gasteiger partial charge in [-0.1, -0.05) is 48.5 Å². The molecule has 1 unspecified atom stereocenters. The Hall–Kier alpha value is -4.06. The van der Waals surface area contributed by atoms with Crippen LogP contribution in [0.5, 0.6) is 11.5 Å². The molecule has 3 aromatic rings. The summed E-state index contributed by atoms with van der Waals surface area (Å²) in [5, 5.41) is 20.5. The van der Waals surface area contributed by atoms with E-state index in [2.05, 4.69) is 0 Å². The molecule has 0 bridgehead atoms. The van der Waals surface area contributed by atoms with Gasteiger partial charge in [-0.2, -0.15) is 0 Å². The van der Waals surface area contributed by atoms with Crippen molar-refractivity contribution in [1.29, 1.82) is 0 Å². The molecule has 1 amide bonds. The number of hydrogen-bond donors (Lipinski definition) is 2. The molecule has 1 aliphatic heterocycles. The number of carbonyl (C=O) groups excluding carboxylic acids is 2. The van der Waals surface area contributed by atoms with Gasteiger partial charge in [-0.25, -0.2) is 0 Å². The quantitative estimate of drug-likeness (QED) is 0.577. The van der Waals surface area contributed by atoms with Crippen LogP contribution in [0.2, 0.25) is 0 Å². The molecule has 0 saturated heterocycles. The average molecular weight is 429 g/mol. The number of ether oxygens (including phenoxy) is 1. The Bertz CT molecular complexity index is 1170. The molecule has 2 N–H and O–H groups in total. The molecule has 0 radical (unpaired) electrons. The number of amides is 1. The summed E-state index contributed by atoms with van der Waals surface area (Å²) in [7, 11) is 1.52. The highest BCUT2D eigenvalue weighted by Gasteiger charge is 2.44. The summed E-state index contributed by atoms with van der Waals surface area (Å²) in [6, 6.07) is 21.9. The number of phenolic OH excluding ortho intramolecular Hbond substituents is 1. The molecule has 0 aliphatic carbocycles. The number of aliphatic hydroxyl groups excluding tert-OH is 1. The molecule has 6 nitrogen and oxygen atoms in total. The van der Waals surface area contributed by atoms with E-state index in [1.54, 1.807) is 36.4 Å². The summed E-state index contributed by atoms with van der Waals surface area (Å²) in [6.07, 6.45) is 0.642. The van der Waals surface area contributed by atoms with Crippen molar-refractivity contribution in [3.8, 4) is 11.5 Å². The minimum Gasteiger partial charge on any atom is -0.508 e. The van der Waals surface area contributed by atoms with Gasteiger partial charge in [-0.15, -0.1) is 0 Å². The van der Waals surface area contributed by atoms with E-state index in [1.807, 2.05) is 30.3 Å². The summed E-state index contributed by atoms with van der Waals surface area (Å²) >= 11 is 0. The number of Topliss-reactive ketones (excluding diaryl/α,β-unsaturated/α-hetero) is 1. The third-order valence-corrected chi connectivity index (χ3v) is 5.53. The molecule has 0 aromatic heterocycles. The van der Waals surface area contributed by atoms with Gasteiger partial charge in [0.1, 0.15) is 11.5 Å². The van der Waals surface area contributed by atoms with Crippen LogP contribution in [0.4, 0.5) is 5.69 Å². The fraction of sp³-hybridized carbons (Fsp3) is 0.154. The number of phenols is 1. The normalized spacial score (nSPS) is 15.8. The Morgan fingerprint density at radius 1 is 0.969 bits per heavy atom. The van der Waals surface area contributed by atoms with Gasteiger partial charge < -0.3 is 14.9 Å². The van der Waals surface area contributed by atoms with E-state index in [4.69, 9.17) is 4.74 Å². The molecule has 0 saturated carbocycles. The van der Waals surface area contributed by atoms with Crippen LogP contribution in [0.15, 0.2) is 90.2 Å². The van der Waals surface area contributed by atoms with E-state index < -0.39 is 17.7 Å². The predicted molar refractivity (Wildman–Crippen MR) is 121 cm³/mol. The number of aryl methyl sites for hydroxylation is 1. The number of nitrogens with zero attached hydrogens (tertiary/aromatic N) is 1. The number of ketones is 1. The van der Waals surface area contributed by atoms with Gasteiger partial charge >= 0.3 is 0 Å². The number of rotatable bonds is 7. The number of anilines is 1. The Labute approximate surface area is 186 Å². The molecule has 1 heterocycles. The van der Waals surface area contributed by atoms with Crippen molar-refractivity contribution in [1.82, 2.24) is 0 Å². The number of hydrogen-bond acceptors (Lipinski definition) is 5. The van der Waals surface area contributed by atoms with Gasteiger partial charge in [0.15, 0.2) is 11.5 Å². The Morgan fingerprint density at radius 3 is 2.38 bits per heavy atom. The third kappa shape index (κ3) is 4.07. The van der Waals surface area contributed by atoms with E-state index in [-0.39, 0.29) is 23.5 Å². The third-order valence-electron chi connectivity index (χ3n) is 5.53. The fourth-order valence-corrected chi connectivity index (χ4v) is 3.93. The first-order valence-corrected chi connectivity index (χ1v) is 10.3. The lowest BCUT2D eigenvalue weighted by molar-refractivity contribution is -0.118. The largest absolute Gasteiger partial charge is 0.508 e. The van der Waals surface area contributed by atoms with Gasteiger partial charge in [0.05, 0.1) is 18.7 Å². The first-order chi connectivity index (χ1) is 15.5. The van der Waals surface area contributed by atoms with E-state index in [9.17, 15) is 19.8 Å². The van der Waals surface area contributed by atoms with Crippen LogP contribution in [0.25, 0.3) is 0 Å². The average Bonchev–Trinajstić information content (AvgIpc) is 3.09. The Balaban J connectivity index is 1.73. The molecule has 162 valence electrons. The van der Waals surface area contributed by atoms with Gasteiger partial charge in [0, 0.05) is 18.2 Å². The second-order valence-corrected chi connectivity index (χ2v) is 7.54. The van der Waals surface area contributed by atoms with Crippen molar-refractivity contribution in [2.45, 2.75) is 18.9 Å². The van der Waals surface area contributed by atoms with Crippen molar-refractivity contribution in [3.63, 3.8) is 0 Å². The molecule has 6 heteroatoms. The molecule has 1 atom stereocenters. The topological polar surface area (TPSA) is 87.1 Å². The Kier molecular flexibility index (Phi) is 5.94. The fourth-order valence-electron chi connectivity index (χ4n) is 3.93. The van der Waals surface area contributed by atoms with Gasteiger partial charge in [0.2, 0.25) is 0 Å². The molecule has 0 fully saturated rings. The summed E-state index contributed by atoms with van der Waals surface area (Å²) in [6.45, 7) is 0. The maximum Gasteiger partial charge on any atom is 0.294 e. The van der Waals surface area contributed by atoms with Crippen LogP contribution >= 0.6 is 0 Å². The standard InChI is InChI=1S/C26H23NO5/c1-32-21-9-5-8-19(16-21)27-24(18-11-13-20(28)14-12-18)23(25(30)26(27)31)22(29)15-10-17-6-3-2-4-7-17/h2-9,11-14,16,24,28,30H,10,15H2,1H3. The molecule has 3 aromatic carbocycles. The molecular formula is C26H23NO5. The highest BCUT2D eigenvalue weighted by atomic mass is 16.5. The van der Waals surface area contributed by atoms with Crippen molar-refractivity contribution in [3.05, 3.63) is 101 Å². The highest BCUT2D eigenvalue weighted by Crippen LogP contribution is 2.42. The van der Waals surface area contributed by atoms with Crippen LogP contribution in [-0.4, -0.2) is 29.0 Å². The van der Waals surface area contributed by atoms with Crippen LogP contribution in [-0.2, 0) is 16.0 Å². The highest BCUT2D eigenvalue weighted by molar-refractivity contribution is 6.16. The number of carbonyl (C=O) groups is 2. The molecule has 32 heavy (non-hydrogen) atoms. The maximum absolute atomic E-state index is 13.3. The molecule has 1 aliphatic rings. The Morgan fingerprint density at radius 2 is 1.69 bits per heavy atom. The van der Waals surface area contributed by atoms with E-state index in [0.29, 0.717) is 23.4 Å². The monoisotopic (exact) mass is 429 g/mol. The van der Waals surface area contributed by atoms with E-state index in [1.165, 1.54) is 24.1 Å².